The van der Waals surface area contributed by atoms with E-state index >= 15 is 0 Å². The van der Waals surface area contributed by atoms with Gasteiger partial charge in [0.2, 0.25) is 3.79 Å². The second-order valence-corrected chi connectivity index (χ2v) is 5.65. The Bertz CT molecular complexity index is 371. The Morgan fingerprint density at radius 1 is 1.44 bits per heavy atom. The van der Waals surface area contributed by atoms with E-state index < -0.39 is 9.90 Å². The van der Waals surface area contributed by atoms with Gasteiger partial charge in [-0.25, -0.2) is 0 Å². The summed E-state index contributed by atoms with van der Waals surface area (Å²) in [7, 11) is 3.55. The fraction of sp³-hybridized carbons (Fsp3) is 0.444. The van der Waals surface area contributed by atoms with E-state index in [9.17, 15) is 5.11 Å². The molecule has 0 aliphatic rings. The molecule has 0 fully saturated rings. The highest BCUT2D eigenvalue weighted by Gasteiger charge is 2.34. The van der Waals surface area contributed by atoms with Gasteiger partial charge >= 0.3 is 0 Å². The van der Waals surface area contributed by atoms with Crippen LogP contribution in [-0.2, 0) is 0 Å². The molecule has 1 aromatic heterocycles. The maximum absolute atomic E-state index is 9.60. The molecule has 7 heteroatoms. The zero-order valence-electron chi connectivity index (χ0n) is 8.69. The fourth-order valence-electron chi connectivity index (χ4n) is 0.918. The monoisotopic (exact) mass is 284 g/mol. The van der Waals surface area contributed by atoms with Gasteiger partial charge in [0.05, 0.1) is 6.21 Å². The van der Waals surface area contributed by atoms with Gasteiger partial charge in [-0.05, 0) is 12.1 Å². The molecule has 1 aromatic rings. The summed E-state index contributed by atoms with van der Waals surface area (Å²) in [5.41, 5.74) is 0. The molecular weight excluding hydrogens is 274 g/mol. The van der Waals surface area contributed by atoms with E-state index in [0.717, 1.165) is 0 Å². The third kappa shape index (κ3) is 3.87. The number of furan rings is 1. The van der Waals surface area contributed by atoms with E-state index in [2.05, 4.69) is 5.10 Å². The molecule has 4 nitrogen and oxygen atoms in total. The highest BCUT2D eigenvalue weighted by atomic mass is 35.6. The van der Waals surface area contributed by atoms with Crippen LogP contribution in [0.1, 0.15) is 17.6 Å². The number of aliphatic hydroxyl groups is 1. The van der Waals surface area contributed by atoms with Gasteiger partial charge < -0.3 is 14.5 Å². The van der Waals surface area contributed by atoms with E-state index in [1.54, 1.807) is 25.2 Å². The Morgan fingerprint density at radius 2 is 2.06 bits per heavy atom. The number of nitrogens with zero attached hydrogens (tertiary/aromatic N) is 2. The SMILES string of the molecule is CN(C)/N=C/c1ccc(C(O)C(Cl)(Cl)Cl)o1. The summed E-state index contributed by atoms with van der Waals surface area (Å²) >= 11 is 16.6. The minimum Gasteiger partial charge on any atom is -0.457 e. The van der Waals surface area contributed by atoms with Crippen LogP contribution >= 0.6 is 34.8 Å². The van der Waals surface area contributed by atoms with Gasteiger partial charge in [0.15, 0.2) is 6.10 Å². The third-order valence-electron chi connectivity index (χ3n) is 1.64. The topological polar surface area (TPSA) is 49.0 Å². The van der Waals surface area contributed by atoms with Crippen molar-refractivity contribution in [3.63, 3.8) is 0 Å². The molecule has 0 spiro atoms. The Kier molecular flexibility index (Phi) is 4.50. The lowest BCUT2D eigenvalue weighted by Gasteiger charge is -2.15. The van der Waals surface area contributed by atoms with Crippen molar-refractivity contribution in [2.24, 2.45) is 5.10 Å². The molecule has 1 atom stereocenters. The first-order valence-electron chi connectivity index (χ1n) is 4.36. The summed E-state index contributed by atoms with van der Waals surface area (Å²) in [4.78, 5) is 0. The standard InChI is InChI=1S/C9H11Cl3N2O2/c1-14(2)13-5-6-3-4-7(16-6)8(15)9(10,11)12/h3-5,8,15H,1-2H3/b13-5+. The van der Waals surface area contributed by atoms with Crippen molar-refractivity contribution in [1.82, 2.24) is 5.01 Å². The molecule has 1 rings (SSSR count). The molecule has 1 unspecified atom stereocenters. The van der Waals surface area contributed by atoms with Crippen molar-refractivity contribution in [3.05, 3.63) is 23.7 Å². The molecular formula is C9H11Cl3N2O2. The van der Waals surface area contributed by atoms with E-state index in [1.807, 2.05) is 0 Å². The normalized spacial score (nSPS) is 14.4. The molecule has 0 aromatic carbocycles. The number of aliphatic hydroxyl groups excluding tert-OH is 1. The van der Waals surface area contributed by atoms with Crippen LogP contribution in [0.3, 0.4) is 0 Å². The van der Waals surface area contributed by atoms with Gasteiger partial charge in [0.1, 0.15) is 11.5 Å². The highest BCUT2D eigenvalue weighted by molar-refractivity contribution is 6.67. The van der Waals surface area contributed by atoms with E-state index in [4.69, 9.17) is 39.2 Å². The van der Waals surface area contributed by atoms with E-state index in [0.29, 0.717) is 5.76 Å². The smallest absolute Gasteiger partial charge is 0.223 e. The molecule has 1 N–H and O–H groups in total. The van der Waals surface area contributed by atoms with Gasteiger partial charge in [0, 0.05) is 14.1 Å². The number of halogens is 3. The highest BCUT2D eigenvalue weighted by Crippen LogP contribution is 2.39. The predicted octanol–water partition coefficient (Wildman–Crippen LogP) is 2.58. The van der Waals surface area contributed by atoms with Crippen LogP contribution in [0.5, 0.6) is 0 Å². The number of hydrogen-bond acceptors (Lipinski definition) is 4. The second-order valence-electron chi connectivity index (χ2n) is 3.28. The summed E-state index contributed by atoms with van der Waals surface area (Å²) in [5, 5.41) is 15.2. The minimum atomic E-state index is -1.81. The van der Waals surface area contributed by atoms with Crippen molar-refractivity contribution in [1.29, 1.82) is 0 Å². The van der Waals surface area contributed by atoms with Gasteiger partial charge in [0.25, 0.3) is 0 Å². The van der Waals surface area contributed by atoms with Crippen molar-refractivity contribution < 1.29 is 9.52 Å². The average molecular weight is 286 g/mol. The van der Waals surface area contributed by atoms with Crippen molar-refractivity contribution in [3.8, 4) is 0 Å². The first-order chi connectivity index (χ1) is 7.30. The second kappa shape index (κ2) is 5.27. The van der Waals surface area contributed by atoms with Crippen LogP contribution < -0.4 is 0 Å². The van der Waals surface area contributed by atoms with Crippen LogP contribution in [0.25, 0.3) is 0 Å². The molecule has 90 valence electrons. The van der Waals surface area contributed by atoms with Gasteiger partial charge in [-0.2, -0.15) is 5.10 Å². The molecule has 0 bridgehead atoms. The van der Waals surface area contributed by atoms with Crippen molar-refractivity contribution >= 4 is 41.0 Å². The number of alkyl halides is 3. The predicted molar refractivity (Wildman–Crippen MR) is 65.2 cm³/mol. The molecule has 0 saturated carbocycles. The maximum atomic E-state index is 9.60. The Hall–Kier alpha value is -0.420. The fourth-order valence-corrected chi connectivity index (χ4v) is 1.24. The molecule has 1 heterocycles. The molecule has 0 radical (unpaired) electrons. The molecule has 0 aliphatic heterocycles. The first kappa shape index (κ1) is 13.6. The van der Waals surface area contributed by atoms with Crippen LogP contribution in [0.4, 0.5) is 0 Å². The van der Waals surface area contributed by atoms with Crippen LogP contribution in [0, 0.1) is 0 Å². The lowest BCUT2D eigenvalue weighted by Crippen LogP contribution is -2.15. The molecule has 0 saturated heterocycles. The lowest BCUT2D eigenvalue weighted by molar-refractivity contribution is 0.153. The lowest BCUT2D eigenvalue weighted by atomic mass is 10.3. The van der Waals surface area contributed by atoms with Gasteiger partial charge in [-0.15, -0.1) is 0 Å². The van der Waals surface area contributed by atoms with Gasteiger partial charge in [-0.3, -0.25) is 0 Å². The first-order valence-corrected chi connectivity index (χ1v) is 5.50. The summed E-state index contributed by atoms with van der Waals surface area (Å²) in [6.45, 7) is 0. The zero-order chi connectivity index (χ0) is 12.3. The summed E-state index contributed by atoms with van der Waals surface area (Å²) in [6, 6.07) is 3.16. The Morgan fingerprint density at radius 3 is 2.56 bits per heavy atom. The Labute approximate surface area is 108 Å². The molecule has 0 aliphatic carbocycles. The average Bonchev–Trinajstić information content (AvgIpc) is 2.60. The van der Waals surface area contributed by atoms with Crippen molar-refractivity contribution in [2.75, 3.05) is 14.1 Å². The Balaban J connectivity index is 2.79. The maximum Gasteiger partial charge on any atom is 0.223 e. The number of rotatable bonds is 3. The third-order valence-corrected chi connectivity index (χ3v) is 2.26. The molecule has 0 amide bonds. The van der Waals surface area contributed by atoms with E-state index in [-0.39, 0.29) is 5.76 Å². The summed E-state index contributed by atoms with van der Waals surface area (Å²) < 4.78 is 3.43. The minimum absolute atomic E-state index is 0.181. The zero-order valence-corrected chi connectivity index (χ0v) is 11.0. The molecule has 16 heavy (non-hydrogen) atoms. The van der Waals surface area contributed by atoms with Crippen LogP contribution in [0.2, 0.25) is 0 Å². The van der Waals surface area contributed by atoms with Crippen LogP contribution in [0.15, 0.2) is 21.7 Å². The summed E-state index contributed by atoms with van der Waals surface area (Å²) in [6.07, 6.45) is 0.188. The largest absolute Gasteiger partial charge is 0.457 e. The number of hydrazone groups is 1. The van der Waals surface area contributed by atoms with Crippen LogP contribution in [-0.4, -0.2) is 34.2 Å². The van der Waals surface area contributed by atoms with E-state index in [1.165, 1.54) is 12.3 Å². The van der Waals surface area contributed by atoms with Crippen molar-refractivity contribution in [2.45, 2.75) is 9.90 Å². The van der Waals surface area contributed by atoms with Gasteiger partial charge in [-0.1, -0.05) is 34.8 Å². The quantitative estimate of drug-likeness (QED) is 0.527. The number of hydrogen-bond donors (Lipinski definition) is 1. The summed E-state index contributed by atoms with van der Waals surface area (Å²) in [5.74, 6) is 0.650.